The summed E-state index contributed by atoms with van der Waals surface area (Å²) in [7, 11) is 1.68. The maximum Gasteiger partial charge on any atom is 0.167 e. The van der Waals surface area contributed by atoms with E-state index in [1.165, 1.54) is 12.0 Å². The van der Waals surface area contributed by atoms with E-state index in [4.69, 9.17) is 14.2 Å². The van der Waals surface area contributed by atoms with E-state index in [1.54, 1.807) is 7.11 Å². The van der Waals surface area contributed by atoms with Crippen LogP contribution in [0.2, 0.25) is 0 Å². The van der Waals surface area contributed by atoms with Gasteiger partial charge in [0.15, 0.2) is 5.79 Å². The molecule has 2 heterocycles. The van der Waals surface area contributed by atoms with E-state index < -0.39 is 5.79 Å². The van der Waals surface area contributed by atoms with Crippen LogP contribution in [0.15, 0.2) is 24.3 Å². The first kappa shape index (κ1) is 12.0. The summed E-state index contributed by atoms with van der Waals surface area (Å²) in [6.07, 6.45) is 3.38. The van der Waals surface area contributed by atoms with Gasteiger partial charge >= 0.3 is 0 Å². The molecule has 2 saturated heterocycles. The van der Waals surface area contributed by atoms with Gasteiger partial charge in [0.2, 0.25) is 0 Å². The molecule has 0 amide bonds. The van der Waals surface area contributed by atoms with Gasteiger partial charge in [-0.3, -0.25) is 0 Å². The molecule has 2 bridgehead atoms. The van der Waals surface area contributed by atoms with Crippen LogP contribution in [0, 0.1) is 0 Å². The van der Waals surface area contributed by atoms with Crippen molar-refractivity contribution in [3.8, 4) is 5.75 Å². The van der Waals surface area contributed by atoms with Crippen molar-refractivity contribution in [2.75, 3.05) is 7.11 Å². The molecule has 18 heavy (non-hydrogen) atoms. The Morgan fingerprint density at radius 2 is 1.94 bits per heavy atom. The van der Waals surface area contributed by atoms with Crippen LogP contribution in [0.4, 0.5) is 0 Å². The second-order valence-corrected chi connectivity index (χ2v) is 5.57. The Morgan fingerprint density at radius 1 is 1.22 bits per heavy atom. The topological polar surface area (TPSA) is 27.7 Å². The van der Waals surface area contributed by atoms with Crippen molar-refractivity contribution >= 4 is 0 Å². The fourth-order valence-corrected chi connectivity index (χ4v) is 3.17. The van der Waals surface area contributed by atoms with E-state index in [-0.39, 0.29) is 11.7 Å². The Labute approximate surface area is 108 Å². The smallest absolute Gasteiger partial charge is 0.167 e. The molecule has 3 heteroatoms. The van der Waals surface area contributed by atoms with Gasteiger partial charge in [-0.1, -0.05) is 12.1 Å². The molecule has 0 spiro atoms. The van der Waals surface area contributed by atoms with E-state index in [2.05, 4.69) is 19.1 Å². The first-order chi connectivity index (χ1) is 8.56. The summed E-state index contributed by atoms with van der Waals surface area (Å²) in [4.78, 5) is 0. The zero-order valence-electron chi connectivity index (χ0n) is 11.2. The number of fused-ring (bicyclic) bond motifs is 2. The van der Waals surface area contributed by atoms with Crippen molar-refractivity contribution in [1.29, 1.82) is 0 Å². The fourth-order valence-electron chi connectivity index (χ4n) is 3.17. The second kappa shape index (κ2) is 3.97. The van der Waals surface area contributed by atoms with Crippen molar-refractivity contribution in [3.05, 3.63) is 29.8 Å². The highest BCUT2D eigenvalue weighted by atomic mass is 16.8. The maximum absolute atomic E-state index is 6.26. The number of hydrogen-bond donors (Lipinski definition) is 0. The summed E-state index contributed by atoms with van der Waals surface area (Å²) in [6.45, 7) is 4.18. The largest absolute Gasteiger partial charge is 0.497 e. The SMILES string of the molecule is COc1ccc([C@]2(C)O[C@]3(C)CCC[C@H]2O3)cc1. The number of ether oxygens (including phenoxy) is 3. The van der Waals surface area contributed by atoms with Crippen molar-refractivity contribution in [2.24, 2.45) is 0 Å². The lowest BCUT2D eigenvalue weighted by Gasteiger charge is -2.28. The molecule has 98 valence electrons. The standard InChI is InChI=1S/C15H20O3/c1-14-10-4-5-13(17-14)15(2,18-14)11-6-8-12(16-3)9-7-11/h6-9,13H,4-5,10H2,1-3H3/t13-,14-,15+/m1/s1. The predicted octanol–water partition coefficient (Wildman–Crippen LogP) is 3.23. The molecule has 3 atom stereocenters. The number of rotatable bonds is 2. The molecular weight excluding hydrogens is 228 g/mol. The van der Waals surface area contributed by atoms with Gasteiger partial charge in [-0.25, -0.2) is 0 Å². The van der Waals surface area contributed by atoms with Crippen molar-refractivity contribution < 1.29 is 14.2 Å². The zero-order valence-corrected chi connectivity index (χ0v) is 11.2. The predicted molar refractivity (Wildman–Crippen MR) is 68.6 cm³/mol. The van der Waals surface area contributed by atoms with Crippen LogP contribution in [0.3, 0.4) is 0 Å². The number of methoxy groups -OCH3 is 1. The third-order valence-corrected chi connectivity index (χ3v) is 4.19. The summed E-state index contributed by atoms with van der Waals surface area (Å²) < 4.78 is 17.5. The average Bonchev–Trinajstić information content (AvgIpc) is 2.56. The zero-order chi connectivity index (χ0) is 12.8. The molecule has 0 radical (unpaired) electrons. The molecule has 3 rings (SSSR count). The lowest BCUT2D eigenvalue weighted by Crippen LogP contribution is -2.33. The summed E-state index contributed by atoms with van der Waals surface area (Å²) in [5.41, 5.74) is 0.830. The lowest BCUT2D eigenvalue weighted by molar-refractivity contribution is -0.189. The Kier molecular flexibility index (Phi) is 2.65. The van der Waals surface area contributed by atoms with Crippen LogP contribution in [-0.4, -0.2) is 19.0 Å². The van der Waals surface area contributed by atoms with Crippen LogP contribution < -0.4 is 4.74 Å². The Morgan fingerprint density at radius 3 is 2.56 bits per heavy atom. The van der Waals surface area contributed by atoms with Gasteiger partial charge in [-0.2, -0.15) is 0 Å². The van der Waals surface area contributed by atoms with Crippen LogP contribution in [0.1, 0.15) is 38.7 Å². The Balaban J connectivity index is 1.94. The van der Waals surface area contributed by atoms with Gasteiger partial charge in [0.05, 0.1) is 13.2 Å². The first-order valence-corrected chi connectivity index (χ1v) is 6.58. The molecule has 0 aromatic heterocycles. The number of benzene rings is 1. The van der Waals surface area contributed by atoms with E-state index in [0.717, 1.165) is 18.6 Å². The molecular formula is C15H20O3. The highest BCUT2D eigenvalue weighted by Gasteiger charge is 2.55. The number of hydrogen-bond acceptors (Lipinski definition) is 3. The molecule has 0 aliphatic carbocycles. The highest BCUT2D eigenvalue weighted by Crippen LogP contribution is 2.50. The van der Waals surface area contributed by atoms with Crippen molar-refractivity contribution in [3.63, 3.8) is 0 Å². The van der Waals surface area contributed by atoms with Crippen molar-refractivity contribution in [1.82, 2.24) is 0 Å². The monoisotopic (exact) mass is 248 g/mol. The molecule has 3 nitrogen and oxygen atoms in total. The van der Waals surface area contributed by atoms with Gasteiger partial charge in [-0.05, 0) is 44.4 Å². The first-order valence-electron chi connectivity index (χ1n) is 6.58. The van der Waals surface area contributed by atoms with E-state index in [1.807, 2.05) is 19.1 Å². The molecule has 1 aromatic rings. The minimum atomic E-state index is -0.405. The summed E-state index contributed by atoms with van der Waals surface area (Å²) in [6, 6.07) is 8.11. The summed E-state index contributed by atoms with van der Waals surface area (Å²) in [5.74, 6) is 0.466. The molecule has 2 aliphatic heterocycles. The fraction of sp³-hybridized carbons (Fsp3) is 0.600. The van der Waals surface area contributed by atoms with Crippen LogP contribution >= 0.6 is 0 Å². The van der Waals surface area contributed by atoms with Gasteiger partial charge < -0.3 is 14.2 Å². The van der Waals surface area contributed by atoms with Crippen LogP contribution in [-0.2, 0) is 15.1 Å². The van der Waals surface area contributed by atoms with Gasteiger partial charge in [0.1, 0.15) is 11.4 Å². The molecule has 0 saturated carbocycles. The van der Waals surface area contributed by atoms with Crippen LogP contribution in [0.5, 0.6) is 5.75 Å². The second-order valence-electron chi connectivity index (χ2n) is 5.57. The molecule has 2 fully saturated rings. The van der Waals surface area contributed by atoms with E-state index in [0.29, 0.717) is 0 Å². The van der Waals surface area contributed by atoms with E-state index >= 15 is 0 Å². The molecule has 0 unspecified atom stereocenters. The van der Waals surface area contributed by atoms with E-state index in [9.17, 15) is 0 Å². The highest BCUT2D eigenvalue weighted by molar-refractivity contribution is 5.32. The average molecular weight is 248 g/mol. The molecule has 2 aliphatic rings. The van der Waals surface area contributed by atoms with Gasteiger partial charge in [-0.15, -0.1) is 0 Å². The summed E-state index contributed by atoms with van der Waals surface area (Å²) in [5, 5.41) is 0. The normalized spacial score (nSPS) is 38.7. The van der Waals surface area contributed by atoms with Gasteiger partial charge in [0, 0.05) is 6.42 Å². The minimum Gasteiger partial charge on any atom is -0.497 e. The minimum absolute atomic E-state index is 0.157. The molecule has 0 N–H and O–H groups in total. The Hall–Kier alpha value is -1.06. The quantitative estimate of drug-likeness (QED) is 0.804. The van der Waals surface area contributed by atoms with Gasteiger partial charge in [0.25, 0.3) is 0 Å². The Bertz CT molecular complexity index is 442. The third kappa shape index (κ3) is 1.73. The lowest BCUT2D eigenvalue weighted by atomic mass is 9.87. The third-order valence-electron chi connectivity index (χ3n) is 4.19. The summed E-state index contributed by atoms with van der Waals surface area (Å²) >= 11 is 0. The maximum atomic E-state index is 6.26. The molecule has 1 aromatic carbocycles. The van der Waals surface area contributed by atoms with Crippen LogP contribution in [0.25, 0.3) is 0 Å². The van der Waals surface area contributed by atoms with Crippen molar-refractivity contribution in [2.45, 2.75) is 50.6 Å².